The first-order valence-corrected chi connectivity index (χ1v) is 19.5. The van der Waals surface area contributed by atoms with Crippen molar-refractivity contribution in [1.29, 1.82) is 0 Å². The van der Waals surface area contributed by atoms with E-state index in [1.54, 1.807) is 6.33 Å². The van der Waals surface area contributed by atoms with Gasteiger partial charge in [-0.25, -0.2) is 9.67 Å². The number of nitrogens with zero attached hydrogens (tertiary/aromatic N) is 4. The third-order valence-corrected chi connectivity index (χ3v) is 16.8. The van der Waals surface area contributed by atoms with Crippen LogP contribution in [0.3, 0.4) is 0 Å². The highest BCUT2D eigenvalue weighted by atomic mass is 35.5. The van der Waals surface area contributed by atoms with Crippen molar-refractivity contribution in [1.82, 2.24) is 19.7 Å². The first-order chi connectivity index (χ1) is 23.1. The fourth-order valence-electron chi connectivity index (χ4n) is 12.4. The van der Waals surface area contributed by atoms with E-state index >= 15 is 4.79 Å². The number of likely N-dealkylation sites (N-methyl/N-ethyl adjacent to an activating group) is 1. The van der Waals surface area contributed by atoms with E-state index in [9.17, 15) is 9.90 Å². The van der Waals surface area contributed by atoms with Crippen LogP contribution < -0.4 is 0 Å². The molecule has 6 rings (SSSR count). The molecule has 9 nitrogen and oxygen atoms in total. The number of carbonyl (C=O) groups excluding carboxylic acids is 1. The highest BCUT2D eigenvalue weighted by Gasteiger charge is 2.74. The Kier molecular flexibility index (Phi) is 9.39. The summed E-state index contributed by atoms with van der Waals surface area (Å²) in [7, 11) is 4.23. The van der Waals surface area contributed by atoms with Crippen molar-refractivity contribution in [2.75, 3.05) is 33.9 Å². The summed E-state index contributed by atoms with van der Waals surface area (Å²) < 4.78 is 15.7. The zero-order valence-electron chi connectivity index (χ0n) is 32.7. The topological polar surface area (TPSA) is 107 Å². The van der Waals surface area contributed by atoms with E-state index < -0.39 is 33.5 Å². The Morgan fingerprint density at radius 1 is 1.14 bits per heavy atom. The van der Waals surface area contributed by atoms with E-state index in [0.717, 1.165) is 25.7 Å². The minimum atomic E-state index is -1.03. The molecule has 4 aliphatic carbocycles. The number of fused-ring (bicyclic) bond motifs is 3. The van der Waals surface area contributed by atoms with Gasteiger partial charge in [0, 0.05) is 21.8 Å². The summed E-state index contributed by atoms with van der Waals surface area (Å²) in [5, 5.41) is 15.9. The number of aliphatic carboxylic acids is 1. The molecule has 4 fully saturated rings. The van der Waals surface area contributed by atoms with Crippen LogP contribution in [0, 0.1) is 62.6 Å². The molecular formula is C40H63ClN4O5. The molecule has 280 valence electrons. The third kappa shape index (κ3) is 5.01. The lowest BCUT2D eigenvalue weighted by Gasteiger charge is -2.70. The third-order valence-electron chi connectivity index (χ3n) is 16.6. The number of hydrogen-bond acceptors (Lipinski definition) is 7. The Balaban J connectivity index is 1.47. The highest BCUT2D eigenvalue weighted by molar-refractivity contribution is 6.28. The number of ketones is 1. The molecule has 0 aromatic carbocycles. The number of aromatic nitrogens is 3. The van der Waals surface area contributed by atoms with Crippen LogP contribution in [-0.4, -0.2) is 82.1 Å². The van der Waals surface area contributed by atoms with E-state index in [1.165, 1.54) is 5.57 Å². The van der Waals surface area contributed by atoms with Crippen LogP contribution >= 0.6 is 11.6 Å². The van der Waals surface area contributed by atoms with Crippen LogP contribution in [-0.2, 0) is 19.1 Å². The van der Waals surface area contributed by atoms with Gasteiger partial charge < -0.3 is 19.5 Å². The molecular weight excluding hydrogens is 652 g/mol. The highest BCUT2D eigenvalue weighted by Crippen LogP contribution is 2.74. The minimum Gasteiger partial charge on any atom is -0.481 e. The summed E-state index contributed by atoms with van der Waals surface area (Å²) in [4.78, 5) is 35.1. The number of carboxylic acids is 1. The predicted octanol–water partition coefficient (Wildman–Crippen LogP) is 7.60. The second kappa shape index (κ2) is 12.4. The van der Waals surface area contributed by atoms with Gasteiger partial charge in [-0.05, 0) is 111 Å². The van der Waals surface area contributed by atoms with Crippen molar-refractivity contribution in [3.8, 4) is 0 Å². The number of allylic oxidation sites excluding steroid dienone is 1. The van der Waals surface area contributed by atoms with E-state index in [1.807, 2.05) is 17.7 Å². The minimum absolute atomic E-state index is 0.0276. The average Bonchev–Trinajstić information content (AvgIpc) is 3.46. The van der Waals surface area contributed by atoms with Crippen LogP contribution in [0.2, 0.25) is 5.28 Å². The summed E-state index contributed by atoms with van der Waals surface area (Å²) in [6.07, 6.45) is 7.60. The van der Waals surface area contributed by atoms with E-state index in [0.29, 0.717) is 38.1 Å². The SMILES string of the molecule is CC(C)[C@@H](C)[C@@]1(C)CC[C@]2(C)[C@H]3CC[C@@H]4[C@@]5(COC[C@@]4(C)[C@@H](OCC(C)(C(C)C)N(C)C)[C@H](n4cnc(Cl)n4)C5)C3=CC(=O)[C@@]2(C)[C@@H]1C(=O)O. The van der Waals surface area contributed by atoms with E-state index in [-0.39, 0.29) is 51.9 Å². The monoisotopic (exact) mass is 714 g/mol. The van der Waals surface area contributed by atoms with Gasteiger partial charge in [0.15, 0.2) is 5.78 Å². The molecule has 3 saturated carbocycles. The van der Waals surface area contributed by atoms with E-state index in [2.05, 4.69) is 91.4 Å². The van der Waals surface area contributed by atoms with Gasteiger partial charge in [0.1, 0.15) is 6.33 Å². The molecule has 1 N–H and O–H groups in total. The molecule has 0 amide bonds. The summed E-state index contributed by atoms with van der Waals surface area (Å²) in [5.41, 5.74) is -1.86. The molecule has 1 aliphatic heterocycles. The first kappa shape index (κ1) is 37.9. The number of halogens is 1. The van der Waals surface area contributed by atoms with Gasteiger partial charge in [-0.1, -0.05) is 67.9 Å². The standard InChI is InChI=1S/C40H63ClN4O5/c1-23(2)25(5)35(6)15-16-37(8)26-13-14-29-36(7)19-49-21-40(29,27(26)17-30(46)39(37,10)31(35)33(47)48)18-28(45-22-42-34(41)43-45)32(36)50-20-38(9,24(3)4)44(11)12/h17,22-26,28-29,31-32H,13-16,18-21H2,1-12H3,(H,47,48)/t25-,26+,28-,29+,31-,32+,35-,36-,37-,38?,39+,40+/m1/s1. The zero-order valence-corrected chi connectivity index (χ0v) is 33.4. The lowest BCUT2D eigenvalue weighted by atomic mass is 9.34. The molecule has 0 spiro atoms. The van der Waals surface area contributed by atoms with Crippen molar-refractivity contribution >= 4 is 23.4 Å². The number of ether oxygens (including phenoxy) is 2. The molecule has 2 bridgehead atoms. The summed E-state index contributed by atoms with van der Waals surface area (Å²) in [5.74, 6) is -0.533. The summed E-state index contributed by atoms with van der Waals surface area (Å²) in [6, 6.07) is -0.178. The lowest BCUT2D eigenvalue weighted by Crippen LogP contribution is -2.70. The summed E-state index contributed by atoms with van der Waals surface area (Å²) in [6.45, 7) is 23.6. The smallest absolute Gasteiger partial charge is 0.308 e. The van der Waals surface area contributed by atoms with Gasteiger partial charge in [-0.2, -0.15) is 0 Å². The van der Waals surface area contributed by atoms with Crippen LogP contribution in [0.5, 0.6) is 0 Å². The molecule has 1 unspecified atom stereocenters. The Labute approximate surface area is 305 Å². The molecule has 1 aromatic heterocycles. The molecule has 5 aliphatic rings. The Hall–Kier alpha value is -1.81. The first-order valence-electron chi connectivity index (χ1n) is 19.1. The maximum absolute atomic E-state index is 15.0. The largest absolute Gasteiger partial charge is 0.481 e. The molecule has 2 heterocycles. The van der Waals surface area contributed by atoms with Crippen LogP contribution in [0.1, 0.15) is 107 Å². The van der Waals surface area contributed by atoms with Crippen molar-refractivity contribution in [3.63, 3.8) is 0 Å². The molecule has 0 radical (unpaired) electrons. The lowest BCUT2D eigenvalue weighted by molar-refractivity contribution is -0.253. The Morgan fingerprint density at radius 2 is 1.82 bits per heavy atom. The van der Waals surface area contributed by atoms with Crippen LogP contribution in [0.15, 0.2) is 18.0 Å². The predicted molar refractivity (Wildman–Crippen MR) is 195 cm³/mol. The van der Waals surface area contributed by atoms with Crippen LogP contribution in [0.4, 0.5) is 0 Å². The molecule has 12 atom stereocenters. The van der Waals surface area contributed by atoms with Gasteiger partial charge in [0.2, 0.25) is 5.28 Å². The maximum Gasteiger partial charge on any atom is 0.308 e. The van der Waals surface area contributed by atoms with Crippen LogP contribution in [0.25, 0.3) is 0 Å². The molecule has 50 heavy (non-hydrogen) atoms. The van der Waals surface area contributed by atoms with E-state index in [4.69, 9.17) is 21.1 Å². The van der Waals surface area contributed by atoms with Crippen molar-refractivity contribution in [3.05, 3.63) is 23.3 Å². The number of carbonyl (C=O) groups is 2. The quantitative estimate of drug-likeness (QED) is 0.279. The van der Waals surface area contributed by atoms with Crippen molar-refractivity contribution in [2.24, 2.45) is 62.6 Å². The number of rotatable bonds is 9. The van der Waals surface area contributed by atoms with Gasteiger partial charge in [-0.3, -0.25) is 9.59 Å². The van der Waals surface area contributed by atoms with Crippen molar-refractivity contribution < 1.29 is 24.2 Å². The Bertz CT molecular complexity index is 1530. The van der Waals surface area contributed by atoms with Gasteiger partial charge in [0.25, 0.3) is 0 Å². The maximum atomic E-state index is 15.0. The Morgan fingerprint density at radius 3 is 2.38 bits per heavy atom. The number of hydrogen-bond donors (Lipinski definition) is 1. The fraction of sp³-hybridized carbons (Fsp3) is 0.850. The average molecular weight is 715 g/mol. The molecule has 1 aromatic rings. The molecule has 10 heteroatoms. The second-order valence-corrected chi connectivity index (χ2v) is 19.5. The molecule has 1 saturated heterocycles. The zero-order chi connectivity index (χ0) is 37.0. The van der Waals surface area contributed by atoms with Gasteiger partial charge in [-0.15, -0.1) is 5.10 Å². The summed E-state index contributed by atoms with van der Waals surface area (Å²) >= 11 is 6.38. The van der Waals surface area contributed by atoms with Crippen molar-refractivity contribution in [2.45, 2.75) is 119 Å². The van der Waals surface area contributed by atoms with Gasteiger partial charge >= 0.3 is 5.97 Å². The fourth-order valence-corrected chi connectivity index (χ4v) is 12.5. The normalized spacial score (nSPS) is 43.2. The number of carboxylic acid groups (broad SMARTS) is 1. The second-order valence-electron chi connectivity index (χ2n) is 19.1. The van der Waals surface area contributed by atoms with Gasteiger partial charge in [0.05, 0.1) is 37.9 Å².